The van der Waals surface area contributed by atoms with Gasteiger partial charge in [0.05, 0.1) is 0 Å². The molecule has 2 atom stereocenters. The minimum absolute atomic E-state index is 0.506. The zero-order valence-electron chi connectivity index (χ0n) is 8.28. The van der Waals surface area contributed by atoms with Crippen LogP contribution in [0.3, 0.4) is 0 Å². The second-order valence-electron chi connectivity index (χ2n) is 4.62. The molecular weight excluding hydrogens is 134 g/mol. The van der Waals surface area contributed by atoms with Crippen molar-refractivity contribution >= 4 is 0 Å². The summed E-state index contributed by atoms with van der Waals surface area (Å²) in [5.41, 5.74) is 0.506. The summed E-state index contributed by atoms with van der Waals surface area (Å²) in [6, 6.07) is 0.719. The van der Waals surface area contributed by atoms with Crippen LogP contribution in [0.25, 0.3) is 0 Å². The standard InChI is InChI=1S/C10H21N/c1-8-6-5-7-10(2,3)9(8)11-4/h8-9,11H,5-7H2,1-4H3. The summed E-state index contributed by atoms with van der Waals surface area (Å²) in [7, 11) is 2.09. The molecule has 1 rings (SSSR count). The average molecular weight is 155 g/mol. The van der Waals surface area contributed by atoms with Gasteiger partial charge in [0.2, 0.25) is 0 Å². The molecule has 0 aromatic heterocycles. The van der Waals surface area contributed by atoms with Crippen molar-refractivity contribution in [1.82, 2.24) is 5.32 Å². The maximum atomic E-state index is 3.44. The number of nitrogens with one attached hydrogen (secondary N) is 1. The van der Waals surface area contributed by atoms with Gasteiger partial charge in [-0.1, -0.05) is 27.2 Å². The van der Waals surface area contributed by atoms with Crippen LogP contribution in [0.5, 0.6) is 0 Å². The van der Waals surface area contributed by atoms with Crippen LogP contribution in [-0.2, 0) is 0 Å². The Morgan fingerprint density at radius 3 is 2.36 bits per heavy atom. The molecule has 11 heavy (non-hydrogen) atoms. The molecule has 0 aromatic rings. The Labute approximate surface area is 70.6 Å². The predicted molar refractivity (Wildman–Crippen MR) is 49.6 cm³/mol. The molecule has 1 N–H and O–H groups in total. The van der Waals surface area contributed by atoms with Crippen molar-refractivity contribution < 1.29 is 0 Å². The lowest BCUT2D eigenvalue weighted by Gasteiger charge is -2.42. The van der Waals surface area contributed by atoms with Crippen molar-refractivity contribution in [2.45, 2.75) is 46.1 Å². The van der Waals surface area contributed by atoms with Gasteiger partial charge in [0.25, 0.3) is 0 Å². The lowest BCUT2D eigenvalue weighted by atomic mass is 9.68. The quantitative estimate of drug-likeness (QED) is 0.613. The molecule has 0 amide bonds. The highest BCUT2D eigenvalue weighted by molar-refractivity contribution is 4.90. The van der Waals surface area contributed by atoms with Crippen LogP contribution in [0.1, 0.15) is 40.0 Å². The van der Waals surface area contributed by atoms with Crippen LogP contribution in [0, 0.1) is 11.3 Å². The van der Waals surface area contributed by atoms with E-state index in [0.29, 0.717) is 5.41 Å². The smallest absolute Gasteiger partial charge is 0.0141 e. The summed E-state index contributed by atoms with van der Waals surface area (Å²) in [5.74, 6) is 0.851. The molecule has 0 bridgehead atoms. The van der Waals surface area contributed by atoms with E-state index in [1.807, 2.05) is 0 Å². The first-order valence-corrected chi connectivity index (χ1v) is 4.75. The highest BCUT2D eigenvalue weighted by Gasteiger charge is 2.35. The third-order valence-electron chi connectivity index (χ3n) is 3.20. The third kappa shape index (κ3) is 1.76. The van der Waals surface area contributed by atoms with Gasteiger partial charge in [-0.05, 0) is 31.2 Å². The Bertz CT molecular complexity index is 129. The van der Waals surface area contributed by atoms with E-state index < -0.39 is 0 Å². The van der Waals surface area contributed by atoms with Gasteiger partial charge < -0.3 is 5.32 Å². The van der Waals surface area contributed by atoms with Gasteiger partial charge in [-0.15, -0.1) is 0 Å². The highest BCUT2D eigenvalue weighted by Crippen LogP contribution is 2.38. The summed E-state index contributed by atoms with van der Waals surface area (Å²) in [6.45, 7) is 7.12. The van der Waals surface area contributed by atoms with E-state index in [2.05, 4.69) is 33.1 Å². The van der Waals surface area contributed by atoms with E-state index in [1.165, 1.54) is 19.3 Å². The Kier molecular flexibility index (Phi) is 2.58. The number of rotatable bonds is 1. The van der Waals surface area contributed by atoms with Gasteiger partial charge in [-0.25, -0.2) is 0 Å². The van der Waals surface area contributed by atoms with Crippen LogP contribution in [0.4, 0.5) is 0 Å². The van der Waals surface area contributed by atoms with Crippen LogP contribution in [0.2, 0.25) is 0 Å². The molecular formula is C10H21N. The molecule has 1 nitrogen and oxygen atoms in total. The second kappa shape index (κ2) is 3.14. The van der Waals surface area contributed by atoms with Crippen molar-refractivity contribution in [3.05, 3.63) is 0 Å². The van der Waals surface area contributed by atoms with E-state index in [0.717, 1.165) is 12.0 Å². The normalized spacial score (nSPS) is 37.1. The van der Waals surface area contributed by atoms with Crippen molar-refractivity contribution in [3.63, 3.8) is 0 Å². The molecule has 0 spiro atoms. The minimum atomic E-state index is 0.506. The molecule has 1 aliphatic carbocycles. The van der Waals surface area contributed by atoms with Crippen molar-refractivity contribution in [3.8, 4) is 0 Å². The lowest BCUT2D eigenvalue weighted by Crippen LogP contribution is -2.47. The Morgan fingerprint density at radius 2 is 2.00 bits per heavy atom. The zero-order chi connectivity index (χ0) is 8.48. The van der Waals surface area contributed by atoms with E-state index >= 15 is 0 Å². The molecule has 0 radical (unpaired) electrons. The summed E-state index contributed by atoms with van der Waals surface area (Å²) < 4.78 is 0. The molecule has 0 aromatic carbocycles. The third-order valence-corrected chi connectivity index (χ3v) is 3.20. The van der Waals surface area contributed by atoms with Crippen LogP contribution in [0.15, 0.2) is 0 Å². The van der Waals surface area contributed by atoms with Crippen molar-refractivity contribution in [1.29, 1.82) is 0 Å². The first-order valence-electron chi connectivity index (χ1n) is 4.75. The topological polar surface area (TPSA) is 12.0 Å². The van der Waals surface area contributed by atoms with Gasteiger partial charge in [-0.2, -0.15) is 0 Å². The van der Waals surface area contributed by atoms with Crippen molar-refractivity contribution in [2.24, 2.45) is 11.3 Å². The van der Waals surface area contributed by atoms with E-state index in [-0.39, 0.29) is 0 Å². The SMILES string of the molecule is CNC1C(C)CCCC1(C)C. The van der Waals surface area contributed by atoms with Gasteiger partial charge in [-0.3, -0.25) is 0 Å². The highest BCUT2D eigenvalue weighted by atomic mass is 14.9. The fourth-order valence-electron chi connectivity index (χ4n) is 2.65. The molecule has 0 aliphatic heterocycles. The molecule has 66 valence electrons. The fourth-order valence-corrected chi connectivity index (χ4v) is 2.65. The molecule has 1 heteroatoms. The van der Waals surface area contributed by atoms with Gasteiger partial charge in [0, 0.05) is 6.04 Å². The first kappa shape index (κ1) is 9.05. The average Bonchev–Trinajstić information content (AvgIpc) is 1.86. The fraction of sp³-hybridized carbons (Fsp3) is 1.00. The molecule has 1 saturated carbocycles. The summed E-state index contributed by atoms with van der Waals surface area (Å²) >= 11 is 0. The van der Waals surface area contributed by atoms with Gasteiger partial charge in [0.15, 0.2) is 0 Å². The predicted octanol–water partition coefficient (Wildman–Crippen LogP) is 2.42. The maximum absolute atomic E-state index is 3.44. The van der Waals surface area contributed by atoms with Crippen LogP contribution in [-0.4, -0.2) is 13.1 Å². The van der Waals surface area contributed by atoms with Crippen molar-refractivity contribution in [2.75, 3.05) is 7.05 Å². The number of hydrogen-bond acceptors (Lipinski definition) is 1. The van der Waals surface area contributed by atoms with Gasteiger partial charge in [0.1, 0.15) is 0 Å². The molecule has 1 fully saturated rings. The molecule has 2 unspecified atom stereocenters. The van der Waals surface area contributed by atoms with E-state index in [1.54, 1.807) is 0 Å². The first-order chi connectivity index (χ1) is 5.08. The van der Waals surface area contributed by atoms with Crippen LogP contribution >= 0.6 is 0 Å². The minimum Gasteiger partial charge on any atom is -0.316 e. The molecule has 0 heterocycles. The van der Waals surface area contributed by atoms with E-state index in [4.69, 9.17) is 0 Å². The molecule has 0 saturated heterocycles. The summed E-state index contributed by atoms with van der Waals surface area (Å²) in [4.78, 5) is 0. The second-order valence-corrected chi connectivity index (χ2v) is 4.62. The Morgan fingerprint density at radius 1 is 1.36 bits per heavy atom. The number of hydrogen-bond donors (Lipinski definition) is 1. The maximum Gasteiger partial charge on any atom is 0.0141 e. The zero-order valence-corrected chi connectivity index (χ0v) is 8.28. The Hall–Kier alpha value is -0.0400. The summed E-state index contributed by atoms with van der Waals surface area (Å²) in [5, 5.41) is 3.44. The van der Waals surface area contributed by atoms with E-state index in [9.17, 15) is 0 Å². The largest absolute Gasteiger partial charge is 0.316 e. The lowest BCUT2D eigenvalue weighted by molar-refractivity contribution is 0.124. The summed E-state index contributed by atoms with van der Waals surface area (Å²) in [6.07, 6.45) is 4.18. The van der Waals surface area contributed by atoms with Crippen LogP contribution < -0.4 is 5.32 Å². The monoisotopic (exact) mass is 155 g/mol. The Balaban J connectivity index is 2.64. The molecule has 1 aliphatic rings. The van der Waals surface area contributed by atoms with Gasteiger partial charge >= 0.3 is 0 Å².